The summed E-state index contributed by atoms with van der Waals surface area (Å²) in [6.45, 7) is 2.68. The predicted octanol–water partition coefficient (Wildman–Crippen LogP) is 1.60. The van der Waals surface area contributed by atoms with Crippen LogP contribution < -0.4 is 10.6 Å². The van der Waals surface area contributed by atoms with Crippen LogP contribution in [0.1, 0.15) is 26.2 Å². The molecule has 0 atom stereocenters. The molecule has 2 N–H and O–H groups in total. The third-order valence-corrected chi connectivity index (χ3v) is 3.28. The van der Waals surface area contributed by atoms with E-state index in [1.54, 1.807) is 29.2 Å². The van der Waals surface area contributed by atoms with Crippen molar-refractivity contribution in [2.75, 3.05) is 23.7 Å². The molecule has 1 heterocycles. The van der Waals surface area contributed by atoms with Crippen molar-refractivity contribution in [3.05, 3.63) is 24.3 Å². The van der Waals surface area contributed by atoms with E-state index in [2.05, 4.69) is 10.6 Å². The Balaban J connectivity index is 1.98. The minimum absolute atomic E-state index is 0.192. The van der Waals surface area contributed by atoms with Crippen LogP contribution in [0.25, 0.3) is 0 Å². The van der Waals surface area contributed by atoms with Gasteiger partial charge in [-0.1, -0.05) is 6.07 Å². The van der Waals surface area contributed by atoms with Crippen LogP contribution in [0.4, 0.5) is 11.4 Å². The average Bonchev–Trinajstić information content (AvgIpc) is 2.47. The fourth-order valence-electron chi connectivity index (χ4n) is 2.30. The van der Waals surface area contributed by atoms with Crippen molar-refractivity contribution in [2.24, 2.45) is 0 Å². The van der Waals surface area contributed by atoms with E-state index in [0.717, 1.165) is 19.3 Å². The summed E-state index contributed by atoms with van der Waals surface area (Å²) in [5, 5.41) is 5.20. The molecule has 112 valence electrons. The molecule has 0 spiro atoms. The number of nitrogens with one attached hydrogen (secondary N) is 2. The second kappa shape index (κ2) is 6.88. The van der Waals surface area contributed by atoms with E-state index in [4.69, 9.17) is 0 Å². The van der Waals surface area contributed by atoms with Crippen LogP contribution in [0.15, 0.2) is 24.3 Å². The molecular formula is C15H19N3O3. The number of carbonyl (C=O) groups excluding carboxylic acids is 3. The lowest BCUT2D eigenvalue weighted by Crippen LogP contribution is -2.42. The molecule has 1 aromatic rings. The van der Waals surface area contributed by atoms with Crippen LogP contribution in [-0.2, 0) is 14.4 Å². The second-order valence-electron chi connectivity index (χ2n) is 5.07. The number of benzene rings is 1. The number of rotatable bonds is 2. The van der Waals surface area contributed by atoms with Gasteiger partial charge in [0.15, 0.2) is 0 Å². The summed E-state index contributed by atoms with van der Waals surface area (Å²) in [5.74, 6) is -1.33. The summed E-state index contributed by atoms with van der Waals surface area (Å²) >= 11 is 0. The van der Waals surface area contributed by atoms with E-state index < -0.39 is 11.8 Å². The quantitative estimate of drug-likeness (QED) is 0.812. The monoisotopic (exact) mass is 289 g/mol. The largest absolute Gasteiger partial charge is 0.334 e. The molecule has 2 rings (SSSR count). The van der Waals surface area contributed by atoms with Crippen LogP contribution in [0.2, 0.25) is 0 Å². The Morgan fingerprint density at radius 2 is 1.62 bits per heavy atom. The summed E-state index contributed by atoms with van der Waals surface area (Å²) in [4.78, 5) is 36.5. The Kier molecular flexibility index (Phi) is 4.92. The number of amides is 3. The number of piperidine rings is 1. The molecule has 1 saturated heterocycles. The first-order chi connectivity index (χ1) is 10.1. The van der Waals surface area contributed by atoms with Gasteiger partial charge in [-0.3, -0.25) is 14.4 Å². The maximum Gasteiger partial charge on any atom is 0.313 e. The Morgan fingerprint density at radius 1 is 1.00 bits per heavy atom. The van der Waals surface area contributed by atoms with E-state index >= 15 is 0 Å². The SMILES string of the molecule is CC(=O)Nc1cccc(NC(=O)C(=O)N2CCCCC2)c1. The highest BCUT2D eigenvalue weighted by Crippen LogP contribution is 2.15. The molecule has 3 amide bonds. The van der Waals surface area contributed by atoms with Crippen molar-refractivity contribution >= 4 is 29.1 Å². The molecule has 0 bridgehead atoms. The zero-order valence-electron chi connectivity index (χ0n) is 12.0. The Labute approximate surface area is 123 Å². The third kappa shape index (κ3) is 4.30. The van der Waals surface area contributed by atoms with E-state index in [1.165, 1.54) is 6.92 Å². The molecule has 6 heteroatoms. The molecular weight excluding hydrogens is 270 g/mol. The van der Waals surface area contributed by atoms with Crippen molar-refractivity contribution in [1.82, 2.24) is 4.90 Å². The topological polar surface area (TPSA) is 78.5 Å². The van der Waals surface area contributed by atoms with Gasteiger partial charge < -0.3 is 15.5 Å². The lowest BCUT2D eigenvalue weighted by Gasteiger charge is -2.25. The standard InChI is InChI=1S/C15H19N3O3/c1-11(19)16-12-6-5-7-13(10-12)17-14(20)15(21)18-8-3-2-4-9-18/h5-7,10H,2-4,8-9H2,1H3,(H,16,19)(H,17,20). The number of nitrogens with zero attached hydrogens (tertiary/aromatic N) is 1. The van der Waals surface area contributed by atoms with Crippen molar-refractivity contribution in [3.8, 4) is 0 Å². The van der Waals surface area contributed by atoms with Gasteiger partial charge in [0.1, 0.15) is 0 Å². The molecule has 0 aliphatic carbocycles. The first kappa shape index (κ1) is 15.0. The normalized spacial score (nSPS) is 14.4. The van der Waals surface area contributed by atoms with Gasteiger partial charge in [-0.15, -0.1) is 0 Å². The Morgan fingerprint density at radius 3 is 2.24 bits per heavy atom. The summed E-state index contributed by atoms with van der Waals surface area (Å²) in [5.41, 5.74) is 1.06. The molecule has 1 aliphatic heterocycles. The molecule has 1 fully saturated rings. The van der Waals surface area contributed by atoms with Gasteiger partial charge in [-0.25, -0.2) is 0 Å². The molecule has 0 radical (unpaired) electrons. The molecule has 1 aliphatic rings. The van der Waals surface area contributed by atoms with Crippen LogP contribution >= 0.6 is 0 Å². The smallest absolute Gasteiger partial charge is 0.313 e. The number of hydrogen-bond donors (Lipinski definition) is 2. The number of hydrogen-bond acceptors (Lipinski definition) is 3. The van der Waals surface area contributed by atoms with Crippen LogP contribution in [0.3, 0.4) is 0 Å². The third-order valence-electron chi connectivity index (χ3n) is 3.28. The summed E-state index contributed by atoms with van der Waals surface area (Å²) in [7, 11) is 0. The molecule has 0 aromatic heterocycles. The van der Waals surface area contributed by atoms with Gasteiger partial charge in [0, 0.05) is 31.4 Å². The highest BCUT2D eigenvalue weighted by Gasteiger charge is 2.23. The molecule has 0 unspecified atom stereocenters. The van der Waals surface area contributed by atoms with E-state index in [-0.39, 0.29) is 5.91 Å². The zero-order chi connectivity index (χ0) is 15.2. The average molecular weight is 289 g/mol. The van der Waals surface area contributed by atoms with Gasteiger partial charge in [0.25, 0.3) is 0 Å². The lowest BCUT2D eigenvalue weighted by atomic mass is 10.1. The van der Waals surface area contributed by atoms with Crippen molar-refractivity contribution in [2.45, 2.75) is 26.2 Å². The van der Waals surface area contributed by atoms with Gasteiger partial charge >= 0.3 is 11.8 Å². The molecule has 21 heavy (non-hydrogen) atoms. The highest BCUT2D eigenvalue weighted by atomic mass is 16.2. The number of likely N-dealkylation sites (tertiary alicyclic amines) is 1. The van der Waals surface area contributed by atoms with E-state index in [9.17, 15) is 14.4 Å². The van der Waals surface area contributed by atoms with Gasteiger partial charge in [0.05, 0.1) is 0 Å². The number of carbonyl (C=O) groups is 3. The lowest BCUT2D eigenvalue weighted by molar-refractivity contribution is -0.143. The minimum atomic E-state index is -0.642. The maximum atomic E-state index is 12.0. The first-order valence-electron chi connectivity index (χ1n) is 7.04. The highest BCUT2D eigenvalue weighted by molar-refractivity contribution is 6.39. The van der Waals surface area contributed by atoms with Crippen molar-refractivity contribution in [1.29, 1.82) is 0 Å². The summed E-state index contributed by atoms with van der Waals surface area (Å²) in [6.07, 6.45) is 2.98. The van der Waals surface area contributed by atoms with Crippen molar-refractivity contribution in [3.63, 3.8) is 0 Å². The fourth-order valence-corrected chi connectivity index (χ4v) is 2.30. The Bertz CT molecular complexity index is 551. The molecule has 0 saturated carbocycles. The van der Waals surface area contributed by atoms with Gasteiger partial charge in [-0.05, 0) is 37.5 Å². The predicted molar refractivity (Wildman–Crippen MR) is 79.8 cm³/mol. The van der Waals surface area contributed by atoms with E-state index in [1.807, 2.05) is 0 Å². The second-order valence-corrected chi connectivity index (χ2v) is 5.07. The van der Waals surface area contributed by atoms with Gasteiger partial charge in [0.2, 0.25) is 5.91 Å². The van der Waals surface area contributed by atoms with E-state index in [0.29, 0.717) is 24.5 Å². The van der Waals surface area contributed by atoms with Crippen molar-refractivity contribution < 1.29 is 14.4 Å². The van der Waals surface area contributed by atoms with Crippen LogP contribution in [-0.4, -0.2) is 35.7 Å². The summed E-state index contributed by atoms with van der Waals surface area (Å²) in [6, 6.07) is 6.70. The zero-order valence-corrected chi connectivity index (χ0v) is 12.0. The minimum Gasteiger partial charge on any atom is -0.334 e. The summed E-state index contributed by atoms with van der Waals surface area (Å²) < 4.78 is 0. The van der Waals surface area contributed by atoms with Gasteiger partial charge in [-0.2, -0.15) is 0 Å². The fraction of sp³-hybridized carbons (Fsp3) is 0.400. The maximum absolute atomic E-state index is 12.0. The first-order valence-corrected chi connectivity index (χ1v) is 7.04. The molecule has 6 nitrogen and oxygen atoms in total. The number of anilines is 2. The van der Waals surface area contributed by atoms with Crippen LogP contribution in [0.5, 0.6) is 0 Å². The molecule has 1 aromatic carbocycles. The van der Waals surface area contributed by atoms with Crippen LogP contribution in [0, 0.1) is 0 Å². The Hall–Kier alpha value is -2.37.